The van der Waals surface area contributed by atoms with Gasteiger partial charge in [-0.15, -0.1) is 0 Å². The van der Waals surface area contributed by atoms with Gasteiger partial charge in [-0.1, -0.05) is 6.42 Å². The van der Waals surface area contributed by atoms with E-state index in [1.807, 2.05) is 12.3 Å². The van der Waals surface area contributed by atoms with Crippen molar-refractivity contribution in [1.29, 1.82) is 0 Å². The molecular formula is C21H19F2N5O. The quantitative estimate of drug-likeness (QED) is 0.533. The number of carbonyl (C=O) groups is 1. The number of fused-ring (bicyclic) bond motifs is 2. The number of nitrogens with one attached hydrogen (secondary N) is 2. The van der Waals surface area contributed by atoms with Crippen LogP contribution in [-0.2, 0) is 0 Å². The highest BCUT2D eigenvalue weighted by Gasteiger charge is 2.21. The van der Waals surface area contributed by atoms with E-state index in [1.54, 1.807) is 16.7 Å². The summed E-state index contributed by atoms with van der Waals surface area (Å²) in [5, 5.41) is 3.22. The predicted molar refractivity (Wildman–Crippen MR) is 105 cm³/mol. The number of H-pyrrole nitrogens is 1. The monoisotopic (exact) mass is 395 g/mol. The van der Waals surface area contributed by atoms with Gasteiger partial charge in [0.2, 0.25) is 0 Å². The number of hydrogen-bond acceptors (Lipinski definition) is 3. The number of aromatic amines is 1. The molecule has 0 aromatic carbocycles. The molecule has 1 aliphatic rings. The maximum atomic E-state index is 12.4. The molecule has 6 nitrogen and oxygen atoms in total. The minimum absolute atomic E-state index is 0.215. The van der Waals surface area contributed by atoms with Crippen molar-refractivity contribution in [3.63, 3.8) is 0 Å². The first-order chi connectivity index (χ1) is 14.1. The lowest BCUT2D eigenvalue weighted by molar-refractivity contribution is 0.0886. The van der Waals surface area contributed by atoms with Crippen LogP contribution in [-0.4, -0.2) is 38.2 Å². The predicted octanol–water partition coefficient (Wildman–Crippen LogP) is 4.14. The van der Waals surface area contributed by atoms with Gasteiger partial charge in [-0.25, -0.2) is 18.7 Å². The molecule has 0 bridgehead atoms. The van der Waals surface area contributed by atoms with Crippen LogP contribution in [0.1, 0.15) is 41.4 Å². The third-order valence-corrected chi connectivity index (χ3v) is 5.55. The Bertz CT molecular complexity index is 1210. The third kappa shape index (κ3) is 3.14. The topological polar surface area (TPSA) is 75.1 Å². The van der Waals surface area contributed by atoms with Crippen LogP contribution in [0, 0.1) is 0 Å². The number of rotatable bonds is 5. The molecule has 1 fully saturated rings. The van der Waals surface area contributed by atoms with Gasteiger partial charge in [0.25, 0.3) is 12.3 Å². The largest absolute Gasteiger partial charge is 0.346 e. The van der Waals surface area contributed by atoms with Crippen LogP contribution in [0.2, 0.25) is 0 Å². The Morgan fingerprint density at radius 2 is 2.14 bits per heavy atom. The first-order valence-corrected chi connectivity index (χ1v) is 9.62. The van der Waals surface area contributed by atoms with Gasteiger partial charge in [0.15, 0.2) is 0 Å². The van der Waals surface area contributed by atoms with E-state index in [4.69, 9.17) is 4.98 Å². The average molecular weight is 395 g/mol. The zero-order valence-corrected chi connectivity index (χ0v) is 15.5. The lowest BCUT2D eigenvalue weighted by Crippen LogP contribution is -2.29. The zero-order valence-electron chi connectivity index (χ0n) is 15.5. The number of amides is 1. The molecule has 0 unspecified atom stereocenters. The van der Waals surface area contributed by atoms with E-state index in [9.17, 15) is 13.6 Å². The summed E-state index contributed by atoms with van der Waals surface area (Å²) in [6.45, 7) is -0.691. The van der Waals surface area contributed by atoms with Crippen LogP contribution >= 0.6 is 0 Å². The molecule has 1 amide bonds. The van der Waals surface area contributed by atoms with Crippen LogP contribution in [0.25, 0.3) is 27.8 Å². The fourth-order valence-corrected chi connectivity index (χ4v) is 3.76. The van der Waals surface area contributed by atoms with Gasteiger partial charge in [0.05, 0.1) is 12.7 Å². The molecule has 1 saturated carbocycles. The minimum atomic E-state index is -2.60. The Balaban J connectivity index is 1.51. The van der Waals surface area contributed by atoms with E-state index in [-0.39, 0.29) is 5.69 Å². The molecule has 4 aromatic rings. The number of aromatic nitrogens is 4. The molecule has 5 rings (SSSR count). The van der Waals surface area contributed by atoms with Crippen molar-refractivity contribution < 1.29 is 13.6 Å². The van der Waals surface area contributed by atoms with E-state index in [0.29, 0.717) is 11.6 Å². The highest BCUT2D eigenvalue weighted by Crippen LogP contribution is 2.37. The van der Waals surface area contributed by atoms with Crippen molar-refractivity contribution in [2.45, 2.75) is 31.6 Å². The molecule has 0 aliphatic heterocycles. The average Bonchev–Trinajstić information content (AvgIpc) is 3.28. The Morgan fingerprint density at radius 1 is 1.28 bits per heavy atom. The van der Waals surface area contributed by atoms with Crippen molar-refractivity contribution in [3.05, 3.63) is 54.2 Å². The fraction of sp³-hybridized carbons (Fsp3) is 0.286. The summed E-state index contributed by atoms with van der Waals surface area (Å²) < 4.78 is 26.4. The highest BCUT2D eigenvalue weighted by molar-refractivity contribution is 5.95. The molecule has 2 N–H and O–H groups in total. The van der Waals surface area contributed by atoms with Crippen molar-refractivity contribution in [2.24, 2.45) is 0 Å². The van der Waals surface area contributed by atoms with Crippen LogP contribution in [0.4, 0.5) is 8.78 Å². The van der Waals surface area contributed by atoms with E-state index < -0.39 is 18.9 Å². The molecule has 29 heavy (non-hydrogen) atoms. The van der Waals surface area contributed by atoms with Gasteiger partial charge < -0.3 is 10.3 Å². The maximum Gasteiger partial charge on any atom is 0.270 e. The number of alkyl halides is 2. The van der Waals surface area contributed by atoms with E-state index in [1.165, 1.54) is 25.5 Å². The molecule has 1 aliphatic carbocycles. The molecule has 0 spiro atoms. The molecule has 4 heterocycles. The lowest BCUT2D eigenvalue weighted by atomic mass is 9.82. The lowest BCUT2D eigenvalue weighted by Gasteiger charge is -2.24. The van der Waals surface area contributed by atoms with Gasteiger partial charge in [-0.2, -0.15) is 0 Å². The van der Waals surface area contributed by atoms with E-state index in [0.717, 1.165) is 27.9 Å². The second kappa shape index (κ2) is 6.95. The number of nitrogens with zero attached hydrogens (tertiary/aromatic N) is 3. The third-order valence-electron chi connectivity index (χ3n) is 5.55. The molecule has 4 aromatic heterocycles. The summed E-state index contributed by atoms with van der Waals surface area (Å²) in [4.78, 5) is 24.5. The number of hydrogen-bond donors (Lipinski definition) is 2. The molecule has 148 valence electrons. The number of halogens is 2. The summed E-state index contributed by atoms with van der Waals surface area (Å²) in [6.07, 6.45) is 6.13. The fourth-order valence-electron chi connectivity index (χ4n) is 3.76. The summed E-state index contributed by atoms with van der Waals surface area (Å²) in [6, 6.07) is 7.89. The van der Waals surface area contributed by atoms with Crippen LogP contribution in [0.3, 0.4) is 0 Å². The molecule has 0 radical (unpaired) electrons. The van der Waals surface area contributed by atoms with Crippen molar-refractivity contribution in [1.82, 2.24) is 24.7 Å². The Morgan fingerprint density at radius 3 is 2.90 bits per heavy atom. The number of imidazole rings is 1. The van der Waals surface area contributed by atoms with Crippen molar-refractivity contribution in [2.75, 3.05) is 6.54 Å². The first-order valence-electron chi connectivity index (χ1n) is 9.62. The summed E-state index contributed by atoms with van der Waals surface area (Å²) in [5.74, 6) is -0.0246. The zero-order chi connectivity index (χ0) is 20.0. The van der Waals surface area contributed by atoms with Gasteiger partial charge in [0, 0.05) is 40.5 Å². The number of pyridine rings is 2. The van der Waals surface area contributed by atoms with Gasteiger partial charge in [0.1, 0.15) is 17.0 Å². The second-order valence-electron chi connectivity index (χ2n) is 7.35. The molecular weight excluding hydrogens is 376 g/mol. The van der Waals surface area contributed by atoms with Crippen LogP contribution in [0.5, 0.6) is 0 Å². The maximum absolute atomic E-state index is 12.4. The molecule has 8 heteroatoms. The van der Waals surface area contributed by atoms with Gasteiger partial charge >= 0.3 is 0 Å². The second-order valence-corrected chi connectivity index (χ2v) is 7.35. The van der Waals surface area contributed by atoms with Gasteiger partial charge in [-0.05, 0) is 37.1 Å². The van der Waals surface area contributed by atoms with E-state index in [2.05, 4.69) is 27.4 Å². The molecule has 0 saturated heterocycles. The van der Waals surface area contributed by atoms with E-state index >= 15 is 0 Å². The highest BCUT2D eigenvalue weighted by atomic mass is 19.3. The molecule has 0 atom stereocenters. The van der Waals surface area contributed by atoms with Crippen molar-refractivity contribution >= 4 is 22.6 Å². The first kappa shape index (κ1) is 17.8. The Kier molecular flexibility index (Phi) is 4.26. The minimum Gasteiger partial charge on any atom is -0.346 e. The van der Waals surface area contributed by atoms with Gasteiger partial charge in [-0.3, -0.25) is 9.20 Å². The normalized spacial score (nSPS) is 14.6. The Hall–Kier alpha value is -3.29. The van der Waals surface area contributed by atoms with Crippen LogP contribution in [0.15, 0.2) is 42.9 Å². The van der Waals surface area contributed by atoms with Crippen LogP contribution < -0.4 is 5.32 Å². The summed E-state index contributed by atoms with van der Waals surface area (Å²) in [7, 11) is 0. The standard InChI is InChI=1S/C21H19F2N5O/c22-18(23)10-26-21(29)17-9-24-19-7-4-13(11-28(17)19)15-8-25-20-14(15)5-6-16(27-20)12-2-1-3-12/h4-9,11-12,18H,1-3,10H2,(H,25,27)(H,26,29). The summed E-state index contributed by atoms with van der Waals surface area (Å²) >= 11 is 0. The Labute approximate surface area is 165 Å². The SMILES string of the molecule is O=C(NCC(F)F)c1cnc2ccc(-c3c[nH]c4nc(C5CCC5)ccc34)cn12. The van der Waals surface area contributed by atoms with Crippen molar-refractivity contribution in [3.8, 4) is 11.1 Å². The summed E-state index contributed by atoms with van der Waals surface area (Å²) in [5.41, 5.74) is 4.59. The smallest absolute Gasteiger partial charge is 0.270 e. The number of carbonyl (C=O) groups excluding carboxylic acids is 1.